The van der Waals surface area contributed by atoms with Crippen molar-refractivity contribution in [1.29, 1.82) is 0 Å². The van der Waals surface area contributed by atoms with E-state index in [-0.39, 0.29) is 36.4 Å². The Labute approximate surface area is 286 Å². The number of carboxylic acids is 2. The van der Waals surface area contributed by atoms with Gasteiger partial charge in [-0.3, -0.25) is 9.59 Å². The Morgan fingerprint density at radius 2 is 1.45 bits per heavy atom. The average molecular weight is 672 g/mol. The van der Waals surface area contributed by atoms with Crippen molar-refractivity contribution in [2.75, 3.05) is 7.11 Å². The Balaban J connectivity index is 1.54. The van der Waals surface area contributed by atoms with Gasteiger partial charge in [0.15, 0.2) is 5.60 Å². The molecular weight excluding hydrogens is 626 g/mol. The summed E-state index contributed by atoms with van der Waals surface area (Å²) in [5, 5.41) is 41.2. The molecule has 3 aliphatic rings. The first-order valence-electron chi connectivity index (χ1n) is 16.8. The normalized spacial score (nSPS) is 21.6. The van der Waals surface area contributed by atoms with Gasteiger partial charge in [-0.05, 0) is 66.2 Å². The quantitative estimate of drug-likeness (QED) is 0.120. The SMILES string of the molecule is COc1ccc(C(C)C)cc1CN(OC(=O)CC(O)(CC(=O)O)C(=O)O)C1C2CCC(CC2)C1N=NC(c1ccccc1)c1ccccc1. The predicted molar refractivity (Wildman–Crippen MR) is 181 cm³/mol. The average Bonchev–Trinajstić information content (AvgIpc) is 3.09. The summed E-state index contributed by atoms with van der Waals surface area (Å²) in [5.74, 6) is -3.38. The van der Waals surface area contributed by atoms with Crippen molar-refractivity contribution in [3.8, 4) is 5.75 Å². The second-order valence-electron chi connectivity index (χ2n) is 13.5. The predicted octanol–water partition coefficient (Wildman–Crippen LogP) is 6.56. The summed E-state index contributed by atoms with van der Waals surface area (Å²) in [4.78, 5) is 42.8. The number of benzene rings is 3. The number of fused-ring (bicyclic) bond motifs is 3. The molecule has 11 heteroatoms. The monoisotopic (exact) mass is 671 g/mol. The molecule has 3 N–H and O–H groups in total. The lowest BCUT2D eigenvalue weighted by Crippen LogP contribution is -2.56. The number of azo groups is 1. The van der Waals surface area contributed by atoms with E-state index in [1.807, 2.05) is 78.9 Å². The Morgan fingerprint density at radius 1 is 0.857 bits per heavy atom. The van der Waals surface area contributed by atoms with Crippen molar-refractivity contribution in [3.63, 3.8) is 0 Å². The van der Waals surface area contributed by atoms with E-state index in [1.54, 1.807) is 12.2 Å². The summed E-state index contributed by atoms with van der Waals surface area (Å²) in [7, 11) is 1.57. The Hall–Kier alpha value is -4.61. The van der Waals surface area contributed by atoms with Crippen LogP contribution in [0.5, 0.6) is 5.75 Å². The molecule has 3 fully saturated rings. The number of aliphatic hydroxyl groups is 1. The highest BCUT2D eigenvalue weighted by molar-refractivity contribution is 5.88. The fraction of sp³-hybridized carbons (Fsp3) is 0.447. The van der Waals surface area contributed by atoms with E-state index in [4.69, 9.17) is 19.8 Å². The number of rotatable bonds is 15. The van der Waals surface area contributed by atoms with Gasteiger partial charge < -0.3 is 24.9 Å². The molecule has 6 rings (SSSR count). The maximum Gasteiger partial charge on any atom is 0.336 e. The van der Waals surface area contributed by atoms with Crippen LogP contribution in [0.3, 0.4) is 0 Å². The molecule has 0 spiro atoms. The van der Waals surface area contributed by atoms with Crippen molar-refractivity contribution >= 4 is 17.9 Å². The van der Waals surface area contributed by atoms with Gasteiger partial charge in [0.2, 0.25) is 0 Å². The molecule has 260 valence electrons. The zero-order chi connectivity index (χ0) is 35.1. The molecule has 0 saturated heterocycles. The third-order valence-corrected chi connectivity index (χ3v) is 9.81. The molecule has 3 atom stereocenters. The van der Waals surface area contributed by atoms with Gasteiger partial charge in [-0.25, -0.2) is 4.79 Å². The minimum absolute atomic E-state index is 0.0882. The molecule has 0 aliphatic heterocycles. The fourth-order valence-corrected chi connectivity index (χ4v) is 7.21. The smallest absolute Gasteiger partial charge is 0.336 e. The second kappa shape index (κ2) is 15.7. The third-order valence-electron chi connectivity index (χ3n) is 9.81. The summed E-state index contributed by atoms with van der Waals surface area (Å²) in [6.45, 7) is 4.25. The van der Waals surface area contributed by atoms with Gasteiger partial charge >= 0.3 is 17.9 Å². The van der Waals surface area contributed by atoms with E-state index in [0.29, 0.717) is 5.75 Å². The first-order valence-corrected chi connectivity index (χ1v) is 16.8. The Kier molecular flexibility index (Phi) is 11.5. The number of carboxylic acid groups (broad SMARTS) is 2. The van der Waals surface area contributed by atoms with Crippen molar-refractivity contribution in [2.24, 2.45) is 22.1 Å². The lowest BCUT2D eigenvalue weighted by atomic mass is 9.65. The van der Waals surface area contributed by atoms with Crippen LogP contribution in [0.1, 0.15) is 86.6 Å². The molecule has 0 heterocycles. The molecule has 0 radical (unpaired) electrons. The van der Waals surface area contributed by atoms with Gasteiger partial charge in [-0.1, -0.05) is 86.6 Å². The molecule has 3 aromatic carbocycles. The lowest BCUT2D eigenvalue weighted by molar-refractivity contribution is -0.228. The van der Waals surface area contributed by atoms with Gasteiger partial charge in [-0.15, -0.1) is 5.06 Å². The minimum Gasteiger partial charge on any atom is -0.496 e. The first-order chi connectivity index (χ1) is 23.5. The summed E-state index contributed by atoms with van der Waals surface area (Å²) in [5.41, 5.74) is 0.940. The van der Waals surface area contributed by atoms with E-state index in [9.17, 15) is 29.7 Å². The maximum atomic E-state index is 13.5. The highest BCUT2D eigenvalue weighted by Gasteiger charge is 2.49. The van der Waals surface area contributed by atoms with Crippen LogP contribution >= 0.6 is 0 Å². The molecule has 11 nitrogen and oxygen atoms in total. The molecular formula is C38H45N3O8. The number of hydroxylamine groups is 2. The molecule has 2 bridgehead atoms. The van der Waals surface area contributed by atoms with E-state index >= 15 is 0 Å². The zero-order valence-corrected chi connectivity index (χ0v) is 28.1. The summed E-state index contributed by atoms with van der Waals surface area (Å²) < 4.78 is 5.70. The van der Waals surface area contributed by atoms with E-state index in [1.165, 1.54) is 0 Å². The van der Waals surface area contributed by atoms with Crippen molar-refractivity contribution in [3.05, 3.63) is 101 Å². The van der Waals surface area contributed by atoms with Crippen molar-refractivity contribution in [2.45, 2.75) is 88.6 Å². The zero-order valence-electron chi connectivity index (χ0n) is 28.1. The van der Waals surface area contributed by atoms with Crippen LogP contribution in [-0.2, 0) is 25.8 Å². The van der Waals surface area contributed by atoms with E-state index in [2.05, 4.69) is 13.8 Å². The summed E-state index contributed by atoms with van der Waals surface area (Å²) in [6, 6.07) is 24.6. The number of methoxy groups -OCH3 is 1. The van der Waals surface area contributed by atoms with Crippen LogP contribution < -0.4 is 4.74 Å². The molecule has 3 aliphatic carbocycles. The molecule has 3 unspecified atom stereocenters. The van der Waals surface area contributed by atoms with Crippen LogP contribution in [0.2, 0.25) is 0 Å². The highest BCUT2D eigenvalue weighted by Crippen LogP contribution is 2.46. The van der Waals surface area contributed by atoms with Crippen LogP contribution in [0.25, 0.3) is 0 Å². The Morgan fingerprint density at radius 3 is 1.98 bits per heavy atom. The first kappa shape index (κ1) is 35.7. The third kappa shape index (κ3) is 8.52. The standard InChI is InChI=1S/C38H45N3O8/c1-24(2)29-18-19-31(48-3)30(20-29)23-41(49-33(44)22-38(47,37(45)46)21-32(42)43)36-28-16-14-27(15-17-28)35(36)40-39-34(25-10-6-4-7-11-25)26-12-8-5-9-13-26/h4-13,18-20,24,27-28,34-36,47H,14-17,21-23H2,1-3H3,(H,42,43)(H,45,46). The van der Waals surface area contributed by atoms with Crippen LogP contribution in [0.15, 0.2) is 89.1 Å². The van der Waals surface area contributed by atoms with Gasteiger partial charge in [0.25, 0.3) is 0 Å². The molecule has 3 aromatic rings. The van der Waals surface area contributed by atoms with Gasteiger partial charge in [0.1, 0.15) is 11.8 Å². The number of carbonyl (C=O) groups is 3. The molecule has 0 amide bonds. The number of hydrogen-bond acceptors (Lipinski definition) is 9. The number of carbonyl (C=O) groups excluding carboxylic acids is 1. The van der Waals surface area contributed by atoms with Gasteiger partial charge in [0, 0.05) is 5.56 Å². The topological polar surface area (TPSA) is 158 Å². The number of ether oxygens (including phenoxy) is 1. The second-order valence-corrected chi connectivity index (χ2v) is 13.5. The van der Waals surface area contributed by atoms with Gasteiger partial charge in [-0.2, -0.15) is 10.2 Å². The highest BCUT2D eigenvalue weighted by atomic mass is 16.7. The molecule has 3 saturated carbocycles. The minimum atomic E-state index is -2.84. The lowest BCUT2D eigenvalue weighted by Gasteiger charge is -2.49. The van der Waals surface area contributed by atoms with E-state index < -0.39 is 42.4 Å². The fourth-order valence-electron chi connectivity index (χ4n) is 7.21. The van der Waals surface area contributed by atoms with Crippen LogP contribution in [-0.4, -0.2) is 63.1 Å². The van der Waals surface area contributed by atoms with Crippen molar-refractivity contribution < 1.29 is 39.3 Å². The Bertz CT molecular complexity index is 1580. The number of nitrogens with zero attached hydrogens (tertiary/aromatic N) is 3. The van der Waals surface area contributed by atoms with Crippen LogP contribution in [0, 0.1) is 11.8 Å². The number of aliphatic carboxylic acids is 2. The molecule has 49 heavy (non-hydrogen) atoms. The van der Waals surface area contributed by atoms with Gasteiger partial charge in [0.05, 0.1) is 38.6 Å². The van der Waals surface area contributed by atoms with Crippen molar-refractivity contribution in [1.82, 2.24) is 5.06 Å². The maximum absolute atomic E-state index is 13.5. The van der Waals surface area contributed by atoms with Crippen LogP contribution in [0.4, 0.5) is 0 Å². The summed E-state index contributed by atoms with van der Waals surface area (Å²) >= 11 is 0. The molecule has 0 aromatic heterocycles. The largest absolute Gasteiger partial charge is 0.496 e. The van der Waals surface area contributed by atoms with E-state index in [0.717, 1.165) is 47.9 Å². The summed E-state index contributed by atoms with van der Waals surface area (Å²) in [6.07, 6.45) is 1.45. The number of hydrogen-bond donors (Lipinski definition) is 3.